The Balaban J connectivity index is 1.37. The zero-order chi connectivity index (χ0) is 17.8. The van der Waals surface area contributed by atoms with Crippen molar-refractivity contribution in [3.63, 3.8) is 0 Å². The fourth-order valence-electron chi connectivity index (χ4n) is 3.02. The van der Waals surface area contributed by atoms with Gasteiger partial charge >= 0.3 is 6.03 Å². The highest BCUT2D eigenvalue weighted by atomic mass is 16.2. The third kappa shape index (κ3) is 3.51. The summed E-state index contributed by atoms with van der Waals surface area (Å²) >= 11 is 0. The lowest BCUT2D eigenvalue weighted by Gasteiger charge is -2.34. The molecule has 3 aromatic rings. The Kier molecular flexibility index (Phi) is 4.51. The van der Waals surface area contributed by atoms with Gasteiger partial charge in [0.25, 0.3) is 0 Å². The fraction of sp³-hybridized carbons (Fsp3) is 0.211. The van der Waals surface area contributed by atoms with Crippen molar-refractivity contribution < 1.29 is 4.79 Å². The summed E-state index contributed by atoms with van der Waals surface area (Å²) in [7, 11) is 0. The number of carbonyl (C=O) groups is 1. The minimum absolute atomic E-state index is 0.0803. The zero-order valence-electron chi connectivity index (χ0n) is 14.3. The van der Waals surface area contributed by atoms with Crippen LogP contribution in [0.15, 0.2) is 67.3 Å². The van der Waals surface area contributed by atoms with Gasteiger partial charge in [0.05, 0.1) is 0 Å². The lowest BCUT2D eigenvalue weighted by atomic mass is 10.2. The van der Waals surface area contributed by atoms with Crippen molar-refractivity contribution in [1.29, 1.82) is 0 Å². The number of urea groups is 1. The molecule has 1 fully saturated rings. The summed E-state index contributed by atoms with van der Waals surface area (Å²) in [6.45, 7) is 2.73. The van der Waals surface area contributed by atoms with Gasteiger partial charge in [-0.25, -0.2) is 14.8 Å². The molecule has 0 saturated carbocycles. The number of hydrogen-bond acceptors (Lipinski definition) is 4. The maximum atomic E-state index is 12.6. The lowest BCUT2D eigenvalue weighted by Crippen LogP contribution is -2.50. The molecule has 0 aliphatic carbocycles. The van der Waals surface area contributed by atoms with Crippen LogP contribution in [0.25, 0.3) is 5.69 Å². The van der Waals surface area contributed by atoms with Crippen molar-refractivity contribution in [2.24, 2.45) is 0 Å². The smallest absolute Gasteiger partial charge is 0.321 e. The van der Waals surface area contributed by atoms with Gasteiger partial charge in [0.2, 0.25) is 5.95 Å². The zero-order valence-corrected chi connectivity index (χ0v) is 14.3. The molecule has 1 aliphatic rings. The van der Waals surface area contributed by atoms with Gasteiger partial charge < -0.3 is 19.7 Å². The average molecular weight is 348 g/mol. The van der Waals surface area contributed by atoms with Gasteiger partial charge in [0, 0.05) is 62.3 Å². The molecule has 4 rings (SSSR count). The second-order valence-electron chi connectivity index (χ2n) is 6.09. The Bertz CT molecular complexity index is 857. The predicted octanol–water partition coefficient (Wildman–Crippen LogP) is 2.62. The molecular formula is C19H20N6O. The van der Waals surface area contributed by atoms with Gasteiger partial charge in [-0.3, -0.25) is 0 Å². The molecule has 1 saturated heterocycles. The third-order valence-corrected chi connectivity index (χ3v) is 4.40. The van der Waals surface area contributed by atoms with E-state index in [1.54, 1.807) is 18.5 Å². The minimum Gasteiger partial charge on any atom is -0.337 e. The first-order valence-electron chi connectivity index (χ1n) is 8.61. The Morgan fingerprint density at radius 1 is 0.923 bits per heavy atom. The summed E-state index contributed by atoms with van der Waals surface area (Å²) in [4.78, 5) is 25.0. The van der Waals surface area contributed by atoms with Crippen molar-refractivity contribution in [3.05, 3.63) is 67.3 Å². The molecule has 0 spiro atoms. The molecule has 0 unspecified atom stereocenters. The minimum atomic E-state index is -0.0803. The molecule has 1 aromatic carbocycles. The van der Waals surface area contributed by atoms with Crippen molar-refractivity contribution in [2.45, 2.75) is 0 Å². The van der Waals surface area contributed by atoms with Crippen LogP contribution in [0.4, 0.5) is 16.4 Å². The molecule has 0 bridgehead atoms. The van der Waals surface area contributed by atoms with Gasteiger partial charge in [0.15, 0.2) is 0 Å². The van der Waals surface area contributed by atoms with E-state index < -0.39 is 0 Å². The molecule has 2 amide bonds. The Morgan fingerprint density at radius 3 is 2.38 bits per heavy atom. The van der Waals surface area contributed by atoms with E-state index in [-0.39, 0.29) is 6.03 Å². The molecule has 7 nitrogen and oxygen atoms in total. The van der Waals surface area contributed by atoms with Gasteiger partial charge in [0.1, 0.15) is 0 Å². The first-order valence-corrected chi connectivity index (χ1v) is 8.61. The molecule has 0 radical (unpaired) electrons. The SMILES string of the molecule is O=C(Nc1cccc(-n2cccc2)c1)N1CCN(c2ncccn2)CC1. The molecule has 1 aliphatic heterocycles. The lowest BCUT2D eigenvalue weighted by molar-refractivity contribution is 0.208. The van der Waals surface area contributed by atoms with Crippen LogP contribution in [0.2, 0.25) is 0 Å². The van der Waals surface area contributed by atoms with Crippen molar-refractivity contribution in [1.82, 2.24) is 19.4 Å². The van der Waals surface area contributed by atoms with E-state index in [0.29, 0.717) is 19.0 Å². The maximum Gasteiger partial charge on any atom is 0.321 e. The van der Waals surface area contributed by atoms with Crippen LogP contribution >= 0.6 is 0 Å². The number of piperazine rings is 1. The number of hydrogen-bond donors (Lipinski definition) is 1. The summed E-state index contributed by atoms with van der Waals surface area (Å²) in [6.07, 6.45) is 7.43. The summed E-state index contributed by atoms with van der Waals surface area (Å²) in [6, 6.07) is 13.5. The van der Waals surface area contributed by atoms with Gasteiger partial charge in [-0.15, -0.1) is 0 Å². The highest BCUT2D eigenvalue weighted by Gasteiger charge is 2.22. The van der Waals surface area contributed by atoms with E-state index in [2.05, 4.69) is 20.2 Å². The summed E-state index contributed by atoms with van der Waals surface area (Å²) in [5, 5.41) is 2.99. The molecule has 0 atom stereocenters. The molecule has 2 aromatic heterocycles. The van der Waals surface area contributed by atoms with E-state index in [1.807, 2.05) is 58.3 Å². The van der Waals surface area contributed by atoms with Crippen LogP contribution in [0.3, 0.4) is 0 Å². The summed E-state index contributed by atoms with van der Waals surface area (Å²) in [5.41, 5.74) is 1.80. The Labute approximate surface area is 151 Å². The van der Waals surface area contributed by atoms with E-state index in [9.17, 15) is 4.79 Å². The maximum absolute atomic E-state index is 12.6. The second-order valence-corrected chi connectivity index (χ2v) is 6.09. The normalized spacial score (nSPS) is 14.3. The predicted molar refractivity (Wildman–Crippen MR) is 101 cm³/mol. The van der Waals surface area contributed by atoms with E-state index in [1.165, 1.54) is 0 Å². The highest BCUT2D eigenvalue weighted by Crippen LogP contribution is 2.16. The topological polar surface area (TPSA) is 66.3 Å². The first kappa shape index (κ1) is 16.1. The number of nitrogens with zero attached hydrogens (tertiary/aromatic N) is 5. The molecule has 7 heteroatoms. The second kappa shape index (κ2) is 7.26. The monoisotopic (exact) mass is 348 g/mol. The summed E-state index contributed by atoms with van der Waals surface area (Å²) < 4.78 is 2.01. The largest absolute Gasteiger partial charge is 0.337 e. The van der Waals surface area contributed by atoms with Gasteiger partial charge in [-0.05, 0) is 36.4 Å². The average Bonchev–Trinajstić information content (AvgIpc) is 3.24. The van der Waals surface area contributed by atoms with E-state index in [4.69, 9.17) is 0 Å². The Morgan fingerprint density at radius 2 is 1.65 bits per heavy atom. The first-order chi connectivity index (χ1) is 12.8. The Hall–Kier alpha value is -3.35. The molecule has 26 heavy (non-hydrogen) atoms. The third-order valence-electron chi connectivity index (χ3n) is 4.40. The van der Waals surface area contributed by atoms with Crippen LogP contribution in [-0.4, -0.2) is 51.6 Å². The summed E-state index contributed by atoms with van der Waals surface area (Å²) in [5.74, 6) is 0.715. The van der Waals surface area contributed by atoms with Gasteiger partial charge in [-0.2, -0.15) is 0 Å². The van der Waals surface area contributed by atoms with Crippen LogP contribution < -0.4 is 10.2 Å². The van der Waals surface area contributed by atoms with Crippen LogP contribution in [0, 0.1) is 0 Å². The van der Waals surface area contributed by atoms with Crippen molar-refractivity contribution in [2.75, 3.05) is 36.4 Å². The van der Waals surface area contributed by atoms with Crippen molar-refractivity contribution in [3.8, 4) is 5.69 Å². The standard InChI is InChI=1S/C19H20N6O/c26-19(22-16-5-3-6-17(15-16)23-9-1-2-10-23)25-13-11-24(12-14-25)18-20-7-4-8-21-18/h1-10,15H,11-14H2,(H,22,26). The number of aromatic nitrogens is 3. The number of benzene rings is 1. The number of nitrogens with one attached hydrogen (secondary N) is 1. The van der Waals surface area contributed by atoms with E-state index >= 15 is 0 Å². The molecule has 1 N–H and O–H groups in total. The molecule has 3 heterocycles. The highest BCUT2D eigenvalue weighted by molar-refractivity contribution is 5.89. The fourth-order valence-corrected chi connectivity index (χ4v) is 3.02. The quantitative estimate of drug-likeness (QED) is 0.790. The van der Waals surface area contributed by atoms with E-state index in [0.717, 1.165) is 24.5 Å². The number of rotatable bonds is 3. The molecular weight excluding hydrogens is 328 g/mol. The van der Waals surface area contributed by atoms with Crippen LogP contribution in [-0.2, 0) is 0 Å². The number of amides is 2. The number of carbonyl (C=O) groups excluding carboxylic acids is 1. The molecule has 132 valence electrons. The number of anilines is 2. The van der Waals surface area contributed by atoms with Gasteiger partial charge in [-0.1, -0.05) is 6.07 Å². The van der Waals surface area contributed by atoms with Crippen LogP contribution in [0.1, 0.15) is 0 Å². The van der Waals surface area contributed by atoms with Crippen LogP contribution in [0.5, 0.6) is 0 Å². The van der Waals surface area contributed by atoms with Crippen molar-refractivity contribution >= 4 is 17.7 Å².